The third-order valence-electron chi connectivity index (χ3n) is 6.86. The molecular weight excluding hydrogens is 574 g/mol. The van der Waals surface area contributed by atoms with E-state index in [2.05, 4.69) is 29.8 Å². The van der Waals surface area contributed by atoms with E-state index in [1.54, 1.807) is 85.4 Å². The van der Waals surface area contributed by atoms with E-state index in [4.69, 9.17) is 19.2 Å². The van der Waals surface area contributed by atoms with Crippen LogP contribution >= 0.6 is 15.9 Å². The van der Waals surface area contributed by atoms with Gasteiger partial charge in [0, 0.05) is 24.2 Å². The molecule has 0 saturated heterocycles. The lowest BCUT2D eigenvalue weighted by atomic mass is 10.1. The zero-order chi connectivity index (χ0) is 29.0. The Hall–Kier alpha value is -3.85. The van der Waals surface area contributed by atoms with E-state index >= 15 is 0 Å². The Morgan fingerprint density at radius 1 is 0.950 bits per heavy atom. The highest BCUT2D eigenvalue weighted by Crippen LogP contribution is 2.37. The van der Waals surface area contributed by atoms with Gasteiger partial charge in [-0.3, -0.25) is 14.2 Å². The molecule has 0 aliphatic carbocycles. The highest BCUT2D eigenvalue weighted by molar-refractivity contribution is 9.10. The maximum absolute atomic E-state index is 14.1. The fourth-order valence-electron chi connectivity index (χ4n) is 4.58. The molecular formula is C31H34BrN3O5. The number of carbonyl (C=O) groups is 1. The summed E-state index contributed by atoms with van der Waals surface area (Å²) in [6.07, 6.45) is 0.772. The third kappa shape index (κ3) is 5.84. The van der Waals surface area contributed by atoms with Crippen LogP contribution in [0.1, 0.15) is 49.4 Å². The van der Waals surface area contributed by atoms with Crippen LogP contribution in [0.25, 0.3) is 16.6 Å². The van der Waals surface area contributed by atoms with E-state index < -0.39 is 6.04 Å². The summed E-state index contributed by atoms with van der Waals surface area (Å²) in [5.74, 6) is 2.20. The van der Waals surface area contributed by atoms with Crippen molar-refractivity contribution in [2.75, 3.05) is 27.9 Å². The molecule has 4 rings (SSSR count). The van der Waals surface area contributed by atoms with E-state index in [0.29, 0.717) is 62.2 Å². The van der Waals surface area contributed by atoms with Crippen molar-refractivity contribution >= 4 is 32.7 Å². The Bertz CT molecular complexity index is 1580. The van der Waals surface area contributed by atoms with Gasteiger partial charge < -0.3 is 19.1 Å². The summed E-state index contributed by atoms with van der Waals surface area (Å²) in [4.78, 5) is 34.9. The van der Waals surface area contributed by atoms with Gasteiger partial charge >= 0.3 is 0 Å². The number of benzene rings is 3. The number of halogens is 1. The predicted molar refractivity (Wildman–Crippen MR) is 160 cm³/mol. The third-order valence-corrected chi connectivity index (χ3v) is 7.65. The van der Waals surface area contributed by atoms with Crippen molar-refractivity contribution in [2.24, 2.45) is 5.92 Å². The van der Waals surface area contributed by atoms with Gasteiger partial charge in [0.25, 0.3) is 11.5 Å². The van der Waals surface area contributed by atoms with Crippen LogP contribution in [0.5, 0.6) is 17.2 Å². The van der Waals surface area contributed by atoms with Crippen molar-refractivity contribution in [3.05, 3.63) is 86.9 Å². The first kappa shape index (κ1) is 29.1. The van der Waals surface area contributed by atoms with Gasteiger partial charge in [-0.15, -0.1) is 0 Å². The number of methoxy groups -OCH3 is 3. The van der Waals surface area contributed by atoms with Crippen LogP contribution in [0.2, 0.25) is 0 Å². The summed E-state index contributed by atoms with van der Waals surface area (Å²) < 4.78 is 18.6. The minimum atomic E-state index is -0.571. The first-order valence-corrected chi connectivity index (χ1v) is 13.9. The molecule has 0 aliphatic heterocycles. The topological polar surface area (TPSA) is 82.9 Å². The molecule has 0 spiro atoms. The van der Waals surface area contributed by atoms with Crippen molar-refractivity contribution in [3.8, 4) is 22.9 Å². The molecule has 1 aromatic heterocycles. The summed E-state index contributed by atoms with van der Waals surface area (Å²) in [5, 5.41) is 0.458. The number of nitrogens with zero attached hydrogens (tertiary/aromatic N) is 3. The van der Waals surface area contributed by atoms with Crippen molar-refractivity contribution in [1.82, 2.24) is 14.5 Å². The normalized spacial score (nSPS) is 11.9. The first-order valence-electron chi connectivity index (χ1n) is 13.1. The largest absolute Gasteiger partial charge is 0.497 e. The minimum Gasteiger partial charge on any atom is -0.497 e. The molecule has 0 N–H and O–H groups in total. The summed E-state index contributed by atoms with van der Waals surface area (Å²) in [6.45, 7) is 6.60. The van der Waals surface area contributed by atoms with Gasteiger partial charge in [-0.2, -0.15) is 0 Å². The average molecular weight is 609 g/mol. The number of hydrogen-bond donors (Lipinski definition) is 0. The number of amides is 1. The second kappa shape index (κ2) is 12.6. The summed E-state index contributed by atoms with van der Waals surface area (Å²) in [6, 6.07) is 17.2. The summed E-state index contributed by atoms with van der Waals surface area (Å²) in [5.41, 5.74) is 1.28. The molecule has 0 fully saturated rings. The number of rotatable bonds is 10. The molecule has 0 aliphatic rings. The van der Waals surface area contributed by atoms with Crippen molar-refractivity contribution < 1.29 is 19.0 Å². The molecule has 1 heterocycles. The van der Waals surface area contributed by atoms with Crippen LogP contribution in [-0.4, -0.2) is 48.2 Å². The molecule has 0 radical (unpaired) electrons. The lowest BCUT2D eigenvalue weighted by Crippen LogP contribution is -2.38. The standard InChI is InChI=1S/C31H34BrN3O5/c1-19(2)14-15-34(30(36)21-10-9-11-22(16-21)38-4)20(3)29-33-25-13-8-7-12-24(25)31(37)35(29)26-17-23(39-5)18-27(40-6)28(26)32/h7-13,16-20H,14-15H2,1-6H3. The van der Waals surface area contributed by atoms with E-state index in [9.17, 15) is 9.59 Å². The fourth-order valence-corrected chi connectivity index (χ4v) is 5.15. The number of hydrogen-bond acceptors (Lipinski definition) is 6. The molecule has 1 unspecified atom stereocenters. The van der Waals surface area contributed by atoms with E-state index in [-0.39, 0.29) is 11.5 Å². The summed E-state index contributed by atoms with van der Waals surface area (Å²) in [7, 11) is 4.67. The molecule has 8 nitrogen and oxygen atoms in total. The van der Waals surface area contributed by atoms with Gasteiger partial charge in [-0.05, 0) is 65.5 Å². The Morgan fingerprint density at radius 2 is 1.68 bits per heavy atom. The number of para-hydroxylation sites is 1. The first-order chi connectivity index (χ1) is 19.2. The minimum absolute atomic E-state index is 0.178. The highest BCUT2D eigenvalue weighted by atomic mass is 79.9. The van der Waals surface area contributed by atoms with Crippen molar-refractivity contribution in [2.45, 2.75) is 33.2 Å². The number of carbonyl (C=O) groups excluding carboxylic acids is 1. The maximum Gasteiger partial charge on any atom is 0.266 e. The van der Waals surface area contributed by atoms with E-state index in [1.165, 1.54) is 0 Å². The van der Waals surface area contributed by atoms with Gasteiger partial charge in [-0.25, -0.2) is 4.98 Å². The average Bonchev–Trinajstić information content (AvgIpc) is 2.97. The molecule has 1 amide bonds. The van der Waals surface area contributed by atoms with Crippen molar-refractivity contribution in [1.29, 1.82) is 0 Å². The van der Waals surface area contributed by atoms with Crippen LogP contribution in [0.3, 0.4) is 0 Å². The van der Waals surface area contributed by atoms with Crippen LogP contribution in [0.15, 0.2) is 69.9 Å². The zero-order valence-corrected chi connectivity index (χ0v) is 25.2. The van der Waals surface area contributed by atoms with E-state index in [0.717, 1.165) is 6.42 Å². The fraction of sp³-hybridized carbons (Fsp3) is 0.323. The molecule has 40 heavy (non-hydrogen) atoms. The molecule has 0 bridgehead atoms. The molecule has 3 aromatic carbocycles. The monoisotopic (exact) mass is 607 g/mol. The van der Waals surface area contributed by atoms with Crippen molar-refractivity contribution in [3.63, 3.8) is 0 Å². The van der Waals surface area contributed by atoms with Gasteiger partial charge in [0.15, 0.2) is 0 Å². The number of fused-ring (bicyclic) bond motifs is 1. The Balaban J connectivity index is 1.97. The molecule has 4 aromatic rings. The molecule has 9 heteroatoms. The summed E-state index contributed by atoms with van der Waals surface area (Å²) >= 11 is 3.63. The quantitative estimate of drug-likeness (QED) is 0.207. The zero-order valence-electron chi connectivity index (χ0n) is 23.6. The SMILES string of the molecule is COc1cccc(C(=O)N(CCC(C)C)C(C)c2nc3ccccc3c(=O)n2-c2cc(OC)cc(OC)c2Br)c1. The second-order valence-electron chi connectivity index (χ2n) is 9.88. The number of ether oxygens (including phenoxy) is 3. The second-order valence-corrected chi connectivity index (χ2v) is 10.7. The maximum atomic E-state index is 14.1. The van der Waals surface area contributed by atoms with Gasteiger partial charge in [0.2, 0.25) is 0 Å². The van der Waals surface area contributed by atoms with Crippen LogP contribution in [0.4, 0.5) is 0 Å². The molecule has 1 atom stereocenters. The Kier molecular flexibility index (Phi) is 9.14. The lowest BCUT2D eigenvalue weighted by Gasteiger charge is -2.31. The van der Waals surface area contributed by atoms with Gasteiger partial charge in [0.1, 0.15) is 23.1 Å². The van der Waals surface area contributed by atoms with Crippen LogP contribution in [0, 0.1) is 5.92 Å². The van der Waals surface area contributed by atoms with Gasteiger partial charge in [-0.1, -0.05) is 32.0 Å². The Labute approximate surface area is 242 Å². The molecule has 210 valence electrons. The highest BCUT2D eigenvalue weighted by Gasteiger charge is 2.29. The Morgan fingerprint density at radius 3 is 2.35 bits per heavy atom. The van der Waals surface area contributed by atoms with Gasteiger partial charge in [0.05, 0.1) is 48.4 Å². The van der Waals surface area contributed by atoms with Crippen LogP contribution < -0.4 is 19.8 Å². The molecule has 0 saturated carbocycles. The predicted octanol–water partition coefficient (Wildman–Crippen LogP) is 6.42. The lowest BCUT2D eigenvalue weighted by molar-refractivity contribution is 0.0671. The van der Waals surface area contributed by atoms with Crippen LogP contribution in [-0.2, 0) is 0 Å². The smallest absolute Gasteiger partial charge is 0.266 e. The number of aromatic nitrogens is 2. The van der Waals surface area contributed by atoms with E-state index in [1.807, 2.05) is 13.0 Å².